The van der Waals surface area contributed by atoms with Gasteiger partial charge in [-0.25, -0.2) is 0 Å². The smallest absolute Gasteiger partial charge is 0.252 e. The molecule has 0 spiro atoms. The van der Waals surface area contributed by atoms with Crippen molar-refractivity contribution in [3.63, 3.8) is 0 Å². The minimum absolute atomic E-state index is 0.112. The number of hydrogen-bond donors (Lipinski definition) is 1. The van der Waals surface area contributed by atoms with Crippen LogP contribution >= 0.6 is 0 Å². The topological polar surface area (TPSA) is 38.3 Å². The third kappa shape index (κ3) is 4.41. The number of hydrogen-bond acceptors (Lipinski definition) is 2. The van der Waals surface area contributed by atoms with E-state index in [1.165, 1.54) is 0 Å². The van der Waals surface area contributed by atoms with E-state index in [-0.39, 0.29) is 11.9 Å². The fourth-order valence-electron chi connectivity index (χ4n) is 3.46. The average Bonchev–Trinajstić information content (AvgIpc) is 2.84. The number of rotatable bonds is 6. The van der Waals surface area contributed by atoms with Crippen LogP contribution < -0.4 is 10.1 Å². The molecule has 4 rings (SSSR count). The molecular formula is C27H23NO2. The molecule has 4 aromatic carbocycles. The van der Waals surface area contributed by atoms with Crippen molar-refractivity contribution >= 4 is 5.91 Å². The zero-order valence-corrected chi connectivity index (χ0v) is 16.8. The number of ether oxygens (including phenoxy) is 1. The second-order valence-electron chi connectivity index (χ2n) is 7.03. The summed E-state index contributed by atoms with van der Waals surface area (Å²) in [7, 11) is 1.64. The third-order valence-corrected chi connectivity index (χ3v) is 5.11. The van der Waals surface area contributed by atoms with Crippen LogP contribution in [-0.2, 0) is 0 Å². The van der Waals surface area contributed by atoms with Crippen LogP contribution in [0.3, 0.4) is 0 Å². The van der Waals surface area contributed by atoms with Crippen molar-refractivity contribution in [3.05, 3.63) is 126 Å². The molecule has 3 nitrogen and oxygen atoms in total. The molecule has 0 saturated heterocycles. The molecular weight excluding hydrogens is 370 g/mol. The highest BCUT2D eigenvalue weighted by atomic mass is 16.5. The molecule has 0 bridgehead atoms. The fourth-order valence-corrected chi connectivity index (χ4v) is 3.46. The lowest BCUT2D eigenvalue weighted by Gasteiger charge is -2.20. The molecule has 30 heavy (non-hydrogen) atoms. The van der Waals surface area contributed by atoms with Gasteiger partial charge in [0.25, 0.3) is 5.91 Å². The summed E-state index contributed by atoms with van der Waals surface area (Å²) in [6.07, 6.45) is 0. The Morgan fingerprint density at radius 1 is 0.667 bits per heavy atom. The van der Waals surface area contributed by atoms with Crippen molar-refractivity contribution in [2.45, 2.75) is 6.04 Å². The Morgan fingerprint density at radius 3 is 1.80 bits per heavy atom. The first-order valence-corrected chi connectivity index (χ1v) is 9.90. The van der Waals surface area contributed by atoms with Gasteiger partial charge in [-0.15, -0.1) is 0 Å². The van der Waals surface area contributed by atoms with E-state index in [1.54, 1.807) is 7.11 Å². The highest BCUT2D eigenvalue weighted by Crippen LogP contribution is 2.25. The van der Waals surface area contributed by atoms with Gasteiger partial charge in [0.1, 0.15) is 5.75 Å². The minimum atomic E-state index is -0.251. The van der Waals surface area contributed by atoms with Gasteiger partial charge in [0.15, 0.2) is 0 Å². The van der Waals surface area contributed by atoms with Crippen molar-refractivity contribution in [1.82, 2.24) is 5.32 Å². The molecule has 148 valence electrons. The zero-order valence-electron chi connectivity index (χ0n) is 16.8. The van der Waals surface area contributed by atoms with Crippen molar-refractivity contribution in [3.8, 4) is 16.9 Å². The van der Waals surface area contributed by atoms with Crippen LogP contribution in [0.4, 0.5) is 0 Å². The molecule has 0 radical (unpaired) electrons. The normalized spacial score (nSPS) is 11.5. The molecule has 4 aromatic rings. The number of nitrogens with one attached hydrogen (secondary N) is 1. The Labute approximate surface area is 177 Å². The van der Waals surface area contributed by atoms with Crippen LogP contribution in [0.2, 0.25) is 0 Å². The van der Waals surface area contributed by atoms with E-state index in [0.29, 0.717) is 5.56 Å². The van der Waals surface area contributed by atoms with Gasteiger partial charge in [-0.2, -0.15) is 0 Å². The van der Waals surface area contributed by atoms with Gasteiger partial charge in [0, 0.05) is 5.56 Å². The van der Waals surface area contributed by atoms with Gasteiger partial charge >= 0.3 is 0 Å². The Kier molecular flexibility index (Phi) is 5.90. The zero-order chi connectivity index (χ0) is 20.8. The van der Waals surface area contributed by atoms with E-state index in [0.717, 1.165) is 28.0 Å². The summed E-state index contributed by atoms with van der Waals surface area (Å²) >= 11 is 0. The summed E-state index contributed by atoms with van der Waals surface area (Å²) in [5.41, 5.74) is 4.86. The first-order valence-electron chi connectivity index (χ1n) is 9.90. The molecule has 1 amide bonds. The summed E-state index contributed by atoms with van der Waals surface area (Å²) in [6.45, 7) is 0. The predicted octanol–water partition coefficient (Wildman–Crippen LogP) is 5.88. The molecule has 0 fully saturated rings. The number of amides is 1. The lowest BCUT2D eigenvalue weighted by molar-refractivity contribution is 0.0943. The van der Waals surface area contributed by atoms with Crippen LogP contribution in [-0.4, -0.2) is 13.0 Å². The maximum absolute atomic E-state index is 13.0. The highest BCUT2D eigenvalue weighted by molar-refractivity contribution is 5.95. The molecule has 1 N–H and O–H groups in total. The van der Waals surface area contributed by atoms with Crippen LogP contribution in [0.5, 0.6) is 5.75 Å². The quantitative estimate of drug-likeness (QED) is 0.444. The monoisotopic (exact) mass is 393 g/mol. The lowest BCUT2D eigenvalue weighted by Crippen LogP contribution is -2.29. The summed E-state index contributed by atoms with van der Waals surface area (Å²) in [5.74, 6) is 0.674. The fraction of sp³-hybridized carbons (Fsp3) is 0.0741. The molecule has 0 aliphatic rings. The summed E-state index contributed by atoms with van der Waals surface area (Å²) < 4.78 is 5.27. The average molecular weight is 393 g/mol. The molecule has 0 aliphatic carbocycles. The largest absolute Gasteiger partial charge is 0.497 e. The maximum atomic E-state index is 13.0. The van der Waals surface area contributed by atoms with E-state index in [9.17, 15) is 4.79 Å². The summed E-state index contributed by atoms with van der Waals surface area (Å²) in [5, 5.41) is 3.18. The molecule has 0 heterocycles. The van der Waals surface area contributed by atoms with E-state index >= 15 is 0 Å². The van der Waals surface area contributed by atoms with E-state index in [2.05, 4.69) is 17.4 Å². The number of methoxy groups -OCH3 is 1. The van der Waals surface area contributed by atoms with Gasteiger partial charge < -0.3 is 10.1 Å². The van der Waals surface area contributed by atoms with Gasteiger partial charge in [-0.1, -0.05) is 84.9 Å². The minimum Gasteiger partial charge on any atom is -0.497 e. The third-order valence-electron chi connectivity index (χ3n) is 5.11. The molecule has 0 aliphatic heterocycles. The summed E-state index contributed by atoms with van der Waals surface area (Å²) in [6, 6.07) is 35.3. The van der Waals surface area contributed by atoms with Crippen LogP contribution in [0.15, 0.2) is 109 Å². The predicted molar refractivity (Wildman–Crippen MR) is 121 cm³/mol. The van der Waals surface area contributed by atoms with E-state index < -0.39 is 0 Å². The Morgan fingerprint density at radius 2 is 1.20 bits per heavy atom. The molecule has 0 aromatic heterocycles. The molecule has 1 atom stereocenters. The molecule has 0 saturated carbocycles. The SMILES string of the molecule is COc1ccc([C@H](NC(=O)c2ccc(-c3ccccc3)cc2)c2ccccc2)cc1. The molecule has 0 unspecified atom stereocenters. The van der Waals surface area contributed by atoms with Crippen LogP contribution in [0, 0.1) is 0 Å². The standard InChI is InChI=1S/C27H23NO2/c1-30-25-18-16-23(17-19-25)26(22-10-6-3-7-11-22)28-27(29)24-14-12-21(13-15-24)20-8-4-2-5-9-20/h2-19,26H,1H3,(H,28,29)/t26-/m1/s1. The Bertz CT molecular complexity index is 1090. The van der Waals surface area contributed by atoms with E-state index in [4.69, 9.17) is 4.74 Å². The van der Waals surface area contributed by atoms with Gasteiger partial charge in [0.05, 0.1) is 13.2 Å². The first-order chi connectivity index (χ1) is 14.7. The second kappa shape index (κ2) is 9.10. The Balaban J connectivity index is 1.58. The van der Waals surface area contributed by atoms with Crippen LogP contribution in [0.1, 0.15) is 27.5 Å². The van der Waals surface area contributed by atoms with Gasteiger partial charge in [-0.3, -0.25) is 4.79 Å². The van der Waals surface area contributed by atoms with Crippen LogP contribution in [0.25, 0.3) is 11.1 Å². The highest BCUT2D eigenvalue weighted by Gasteiger charge is 2.18. The van der Waals surface area contributed by atoms with Gasteiger partial charge in [0.2, 0.25) is 0 Å². The maximum Gasteiger partial charge on any atom is 0.252 e. The second-order valence-corrected chi connectivity index (χ2v) is 7.03. The van der Waals surface area contributed by atoms with Crippen molar-refractivity contribution in [1.29, 1.82) is 0 Å². The summed E-state index contributed by atoms with van der Waals surface area (Å²) in [4.78, 5) is 13.0. The van der Waals surface area contributed by atoms with Gasteiger partial charge in [-0.05, 0) is 46.5 Å². The molecule has 3 heteroatoms. The number of carbonyl (C=O) groups is 1. The number of carbonyl (C=O) groups excluding carboxylic acids is 1. The van der Waals surface area contributed by atoms with Crippen molar-refractivity contribution in [2.75, 3.05) is 7.11 Å². The lowest BCUT2D eigenvalue weighted by atomic mass is 9.98. The van der Waals surface area contributed by atoms with E-state index in [1.807, 2.05) is 97.1 Å². The number of benzene rings is 4. The first kappa shape index (κ1) is 19.5. The van der Waals surface area contributed by atoms with Crippen molar-refractivity contribution < 1.29 is 9.53 Å². The Hall–Kier alpha value is -3.85. The van der Waals surface area contributed by atoms with Crippen molar-refractivity contribution in [2.24, 2.45) is 0 Å².